The first-order valence-corrected chi connectivity index (χ1v) is 13.9. The van der Waals surface area contributed by atoms with E-state index in [9.17, 15) is 2.74 Å². The molecule has 0 aliphatic heterocycles. The van der Waals surface area contributed by atoms with Gasteiger partial charge in [0.1, 0.15) is 11.2 Å². The molecule has 0 N–H and O–H groups in total. The summed E-state index contributed by atoms with van der Waals surface area (Å²) in [4.78, 5) is 0. The van der Waals surface area contributed by atoms with Gasteiger partial charge in [-0.15, -0.1) is 0 Å². The molecule has 1 heterocycles. The minimum absolute atomic E-state index is 0.00178. The Morgan fingerprint density at radius 1 is 0.395 bits per heavy atom. The van der Waals surface area contributed by atoms with Crippen LogP contribution in [0.2, 0.25) is 0 Å². The average molecular weight is 558 g/mol. The maximum Gasteiger partial charge on any atom is 0.136 e. The van der Waals surface area contributed by atoms with Crippen LogP contribution in [0.4, 0.5) is 0 Å². The van der Waals surface area contributed by atoms with Gasteiger partial charge in [0.15, 0.2) is 0 Å². The first-order chi connectivity index (χ1) is 25.9. The van der Waals surface area contributed by atoms with Gasteiger partial charge in [-0.05, 0) is 96.0 Å². The summed E-state index contributed by atoms with van der Waals surface area (Å²) in [6.45, 7) is 0. The Bertz CT molecular complexity index is 3070. The molecule has 0 aliphatic rings. The third kappa shape index (κ3) is 3.79. The van der Waals surface area contributed by atoms with Crippen LogP contribution >= 0.6 is 0 Å². The molecule has 1 nitrogen and oxygen atoms in total. The molecule has 9 rings (SSSR count). The molecule has 1 heteroatoms. The van der Waals surface area contributed by atoms with Gasteiger partial charge in [0.05, 0.1) is 15.1 Å². The van der Waals surface area contributed by atoms with Crippen molar-refractivity contribution < 1.29 is 19.5 Å². The lowest BCUT2D eigenvalue weighted by molar-refractivity contribution is 0.669. The molecular formula is C42H26O. The molecule has 0 spiro atoms. The predicted molar refractivity (Wildman–Crippen MR) is 183 cm³/mol. The molecule has 43 heavy (non-hydrogen) atoms. The van der Waals surface area contributed by atoms with Crippen molar-refractivity contribution in [2.75, 3.05) is 0 Å². The van der Waals surface area contributed by atoms with Crippen LogP contribution < -0.4 is 0 Å². The van der Waals surface area contributed by atoms with E-state index in [1.165, 1.54) is 0 Å². The normalized spacial score (nSPS) is 15.3. The summed E-state index contributed by atoms with van der Waals surface area (Å²) in [5.74, 6) is 0. The molecule has 0 fully saturated rings. The quantitative estimate of drug-likeness (QED) is 0.197. The van der Waals surface area contributed by atoms with E-state index in [4.69, 9.17) is 16.8 Å². The molecule has 200 valence electrons. The highest BCUT2D eigenvalue weighted by Gasteiger charge is 2.18. The Morgan fingerprint density at radius 3 is 1.72 bits per heavy atom. The zero-order chi connectivity index (χ0) is 37.9. The largest absolute Gasteiger partial charge is 0.456 e. The van der Waals surface area contributed by atoms with Gasteiger partial charge in [-0.25, -0.2) is 0 Å². The number of para-hydroxylation sites is 1. The van der Waals surface area contributed by atoms with Crippen molar-refractivity contribution in [3.05, 3.63) is 157 Å². The molecule has 0 atom stereocenters. The zero-order valence-electron chi connectivity index (χ0n) is 33.6. The minimum atomic E-state index is -0.623. The second-order valence-electron chi connectivity index (χ2n) is 10.4. The molecule has 1 aromatic heterocycles. The molecule has 0 saturated carbocycles. The zero-order valence-corrected chi connectivity index (χ0v) is 22.6. The topological polar surface area (TPSA) is 13.1 Å². The van der Waals surface area contributed by atoms with E-state index in [1.807, 2.05) is 91.0 Å². The van der Waals surface area contributed by atoms with Crippen LogP contribution in [0.1, 0.15) is 15.1 Å². The molecule has 9 aromatic rings. The van der Waals surface area contributed by atoms with Gasteiger partial charge >= 0.3 is 0 Å². The lowest BCUT2D eigenvalue weighted by atomic mass is 9.85. The lowest BCUT2D eigenvalue weighted by Gasteiger charge is -2.18. The Morgan fingerprint density at radius 2 is 0.977 bits per heavy atom. The standard InChI is InChI=1S/C42H26O/c1-2-11-28-24-30(21-20-27(28)10-1)29-12-9-13-31(25-29)41-35-15-3-5-17-37(35)42(38-18-6-4-16-36(38)41)32-22-23-34-33-14-7-8-19-39(33)43-40(34)26-32/h1-26H/i1D,2D,9D,10D,11D,12D,13D,20D,21D,24D,25D. The summed E-state index contributed by atoms with van der Waals surface area (Å²) in [6, 6.07) is 22.9. The second kappa shape index (κ2) is 9.44. The molecule has 0 unspecified atom stereocenters. The van der Waals surface area contributed by atoms with Crippen LogP contribution in [0.25, 0.3) is 87.6 Å². The highest BCUT2D eigenvalue weighted by molar-refractivity contribution is 6.22. The number of benzene rings is 8. The van der Waals surface area contributed by atoms with Gasteiger partial charge in [0.25, 0.3) is 0 Å². The number of rotatable bonds is 3. The molecule has 0 amide bonds. The van der Waals surface area contributed by atoms with Crippen molar-refractivity contribution in [3.8, 4) is 33.4 Å². The molecule has 0 bridgehead atoms. The SMILES string of the molecule is [2H]c1c([2H])c(-c2c([2H])c([2H])c3c([2H])c([2H])c([2H])c([2H])c3c2[2H])c([2H])c(-c2c3ccccc3c(-c3ccc4c(c3)oc3ccccc34)c3ccccc23)c1[2H]. The van der Waals surface area contributed by atoms with Crippen molar-refractivity contribution in [2.24, 2.45) is 0 Å². The van der Waals surface area contributed by atoms with E-state index in [1.54, 1.807) is 0 Å². The van der Waals surface area contributed by atoms with Crippen LogP contribution in [0.3, 0.4) is 0 Å². The smallest absolute Gasteiger partial charge is 0.136 e. The fraction of sp³-hybridized carbons (Fsp3) is 0. The maximum atomic E-state index is 9.64. The average Bonchev–Trinajstić information content (AvgIpc) is 3.55. The number of hydrogen-bond donors (Lipinski definition) is 0. The summed E-state index contributed by atoms with van der Waals surface area (Å²) in [6.07, 6.45) is 0. The predicted octanol–water partition coefficient (Wildman–Crippen LogP) is 12.0. The Kier molecular flexibility index (Phi) is 3.41. The summed E-state index contributed by atoms with van der Waals surface area (Å²) < 4.78 is 103. The van der Waals surface area contributed by atoms with Gasteiger partial charge in [0.2, 0.25) is 0 Å². The molecule has 0 aliphatic carbocycles. The van der Waals surface area contributed by atoms with Crippen molar-refractivity contribution in [1.82, 2.24) is 0 Å². The van der Waals surface area contributed by atoms with Crippen molar-refractivity contribution in [1.29, 1.82) is 0 Å². The molecule has 0 saturated heterocycles. The monoisotopic (exact) mass is 557 g/mol. The Labute approximate surface area is 264 Å². The lowest BCUT2D eigenvalue weighted by Crippen LogP contribution is -1.91. The fourth-order valence-corrected chi connectivity index (χ4v) is 6.09. The minimum Gasteiger partial charge on any atom is -0.456 e. The van der Waals surface area contributed by atoms with Gasteiger partial charge in [0, 0.05) is 10.8 Å². The summed E-state index contributed by atoms with van der Waals surface area (Å²) >= 11 is 0. The van der Waals surface area contributed by atoms with Crippen molar-refractivity contribution in [2.45, 2.75) is 0 Å². The Balaban J connectivity index is 1.39. The number of furan rings is 1. The summed E-state index contributed by atoms with van der Waals surface area (Å²) in [5.41, 5.74) is 2.98. The van der Waals surface area contributed by atoms with Crippen LogP contribution in [0.15, 0.2) is 162 Å². The van der Waals surface area contributed by atoms with E-state index in [2.05, 4.69) is 0 Å². The van der Waals surface area contributed by atoms with Crippen LogP contribution in [0.5, 0.6) is 0 Å². The van der Waals surface area contributed by atoms with Gasteiger partial charge in [-0.3, -0.25) is 0 Å². The molecular weight excluding hydrogens is 520 g/mol. The third-order valence-corrected chi connectivity index (χ3v) is 7.97. The van der Waals surface area contributed by atoms with Crippen molar-refractivity contribution in [3.63, 3.8) is 0 Å². The van der Waals surface area contributed by atoms with Crippen LogP contribution in [0, 0.1) is 0 Å². The van der Waals surface area contributed by atoms with Gasteiger partial charge < -0.3 is 4.42 Å². The van der Waals surface area contributed by atoms with E-state index in [0.717, 1.165) is 38.3 Å². The van der Waals surface area contributed by atoms with Crippen LogP contribution in [-0.4, -0.2) is 0 Å². The molecule has 8 aromatic carbocycles. The number of fused-ring (bicyclic) bond motifs is 6. The van der Waals surface area contributed by atoms with E-state index in [-0.39, 0.29) is 27.5 Å². The second-order valence-corrected chi connectivity index (χ2v) is 10.4. The van der Waals surface area contributed by atoms with E-state index >= 15 is 0 Å². The third-order valence-electron chi connectivity index (χ3n) is 7.97. The van der Waals surface area contributed by atoms with Gasteiger partial charge in [-0.1, -0.05) is 127 Å². The Hall–Kier alpha value is -5.66. The fourth-order valence-electron chi connectivity index (χ4n) is 6.09. The van der Waals surface area contributed by atoms with Gasteiger partial charge in [-0.2, -0.15) is 0 Å². The van der Waals surface area contributed by atoms with E-state index < -0.39 is 66.5 Å². The summed E-state index contributed by atoms with van der Waals surface area (Å²) in [5, 5.41) is 4.26. The highest BCUT2D eigenvalue weighted by atomic mass is 16.3. The maximum absolute atomic E-state index is 9.64. The molecule has 0 radical (unpaired) electrons. The first-order valence-electron chi connectivity index (χ1n) is 19.4. The van der Waals surface area contributed by atoms with Crippen LogP contribution in [-0.2, 0) is 0 Å². The number of hydrogen-bond acceptors (Lipinski definition) is 1. The highest BCUT2D eigenvalue weighted by Crippen LogP contribution is 2.45. The first kappa shape index (κ1) is 15.5. The summed E-state index contributed by atoms with van der Waals surface area (Å²) in [7, 11) is 0. The van der Waals surface area contributed by atoms with Crippen molar-refractivity contribution >= 4 is 54.3 Å². The van der Waals surface area contributed by atoms with E-state index in [0.29, 0.717) is 21.9 Å².